The number of nitrogens with zero attached hydrogens (tertiary/aromatic N) is 3. The van der Waals surface area contributed by atoms with Gasteiger partial charge in [-0.25, -0.2) is 4.79 Å². The van der Waals surface area contributed by atoms with Gasteiger partial charge in [0.2, 0.25) is 0 Å². The number of amides is 2. The monoisotopic (exact) mass is 380 g/mol. The van der Waals surface area contributed by atoms with Gasteiger partial charge in [-0.2, -0.15) is 0 Å². The average Bonchev–Trinajstić information content (AvgIpc) is 3.04. The lowest BCUT2D eigenvalue weighted by atomic mass is 10.2. The molecule has 0 radical (unpaired) electrons. The Kier molecular flexibility index (Phi) is 6.26. The lowest BCUT2D eigenvalue weighted by Gasteiger charge is -2.18. The molecule has 28 heavy (non-hydrogen) atoms. The fourth-order valence-electron chi connectivity index (χ4n) is 2.69. The molecule has 3 aromatic rings. The lowest BCUT2D eigenvalue weighted by molar-refractivity contribution is 0.206. The summed E-state index contributed by atoms with van der Waals surface area (Å²) < 4.78 is 10.9. The van der Waals surface area contributed by atoms with Crippen LogP contribution in [0.3, 0.4) is 0 Å². The second-order valence-electron chi connectivity index (χ2n) is 6.57. The molecular weight excluding hydrogens is 356 g/mol. The normalized spacial score (nSPS) is 10.5. The second-order valence-corrected chi connectivity index (χ2v) is 6.57. The fraction of sp³-hybridized carbons (Fsp3) is 0.286. The zero-order valence-electron chi connectivity index (χ0n) is 16.3. The summed E-state index contributed by atoms with van der Waals surface area (Å²) in [6, 6.07) is 13.2. The SMILES string of the molecule is Cc1noc(C)c1CN(C)C(=O)NCc1ccc(OCc2ccccn2)cc1. The van der Waals surface area contributed by atoms with Gasteiger partial charge >= 0.3 is 6.03 Å². The molecule has 0 aliphatic heterocycles. The van der Waals surface area contributed by atoms with E-state index in [0.29, 0.717) is 19.7 Å². The molecule has 0 saturated heterocycles. The maximum atomic E-state index is 12.3. The number of rotatable bonds is 7. The van der Waals surface area contributed by atoms with Crippen LogP contribution >= 0.6 is 0 Å². The van der Waals surface area contributed by atoms with E-state index in [1.54, 1.807) is 18.1 Å². The van der Waals surface area contributed by atoms with Crippen LogP contribution in [0, 0.1) is 13.8 Å². The van der Waals surface area contributed by atoms with Crippen LogP contribution < -0.4 is 10.1 Å². The molecule has 0 saturated carbocycles. The molecule has 2 aromatic heterocycles. The van der Waals surface area contributed by atoms with Gasteiger partial charge in [0.1, 0.15) is 18.1 Å². The average molecular weight is 380 g/mol. The highest BCUT2D eigenvalue weighted by molar-refractivity contribution is 5.73. The van der Waals surface area contributed by atoms with E-state index in [0.717, 1.165) is 34.0 Å². The molecule has 2 heterocycles. The topological polar surface area (TPSA) is 80.5 Å². The number of benzene rings is 1. The molecule has 0 atom stereocenters. The number of aryl methyl sites for hydroxylation is 2. The Bertz CT molecular complexity index is 888. The number of carbonyl (C=O) groups is 1. The van der Waals surface area contributed by atoms with Crippen LogP contribution in [0.25, 0.3) is 0 Å². The molecule has 7 nitrogen and oxygen atoms in total. The molecule has 0 fully saturated rings. The zero-order valence-corrected chi connectivity index (χ0v) is 16.3. The van der Waals surface area contributed by atoms with Crippen LogP contribution in [0.15, 0.2) is 53.2 Å². The summed E-state index contributed by atoms with van der Waals surface area (Å²) in [6.45, 7) is 5.02. The molecule has 0 unspecified atom stereocenters. The Morgan fingerprint density at radius 3 is 2.61 bits per heavy atom. The van der Waals surface area contributed by atoms with Crippen LogP contribution in [0.2, 0.25) is 0 Å². The molecule has 0 aliphatic rings. The minimum Gasteiger partial charge on any atom is -0.487 e. The molecular formula is C21H24N4O3. The third-order valence-electron chi connectivity index (χ3n) is 4.40. The van der Waals surface area contributed by atoms with Crippen LogP contribution in [0.1, 0.15) is 28.3 Å². The highest BCUT2D eigenvalue weighted by Gasteiger charge is 2.15. The first-order chi connectivity index (χ1) is 13.5. The standard InChI is InChI=1S/C21H24N4O3/c1-15-20(16(2)28-24-15)13-25(3)21(26)23-12-17-7-9-19(10-8-17)27-14-18-6-4-5-11-22-18/h4-11H,12-14H2,1-3H3,(H,23,26). The highest BCUT2D eigenvalue weighted by Crippen LogP contribution is 2.15. The Balaban J connectivity index is 1.47. The summed E-state index contributed by atoms with van der Waals surface area (Å²) in [5.74, 6) is 1.50. The van der Waals surface area contributed by atoms with Crippen LogP contribution in [-0.4, -0.2) is 28.1 Å². The molecule has 2 amide bonds. The van der Waals surface area contributed by atoms with E-state index >= 15 is 0 Å². The zero-order chi connectivity index (χ0) is 19.9. The summed E-state index contributed by atoms with van der Waals surface area (Å²) in [5.41, 5.74) is 3.61. The van der Waals surface area contributed by atoms with Gasteiger partial charge in [0, 0.05) is 25.4 Å². The Morgan fingerprint density at radius 1 is 1.18 bits per heavy atom. The molecule has 1 aromatic carbocycles. The van der Waals surface area contributed by atoms with Crippen molar-refractivity contribution < 1.29 is 14.1 Å². The molecule has 146 valence electrons. The summed E-state index contributed by atoms with van der Waals surface area (Å²) in [7, 11) is 1.75. The van der Waals surface area contributed by atoms with Gasteiger partial charge in [-0.05, 0) is 43.7 Å². The van der Waals surface area contributed by atoms with Gasteiger partial charge in [-0.3, -0.25) is 4.98 Å². The second kappa shape index (κ2) is 9.03. The third-order valence-corrected chi connectivity index (χ3v) is 4.40. The minimum atomic E-state index is -0.157. The first-order valence-corrected chi connectivity index (χ1v) is 9.05. The number of urea groups is 1. The van der Waals surface area contributed by atoms with E-state index in [1.165, 1.54) is 0 Å². The number of pyridine rings is 1. The number of hydrogen-bond acceptors (Lipinski definition) is 5. The van der Waals surface area contributed by atoms with Gasteiger partial charge in [0.25, 0.3) is 0 Å². The third kappa shape index (κ3) is 5.09. The van der Waals surface area contributed by atoms with Crippen molar-refractivity contribution in [3.63, 3.8) is 0 Å². The first kappa shape index (κ1) is 19.4. The molecule has 1 N–H and O–H groups in total. The van der Waals surface area contributed by atoms with E-state index in [1.807, 2.05) is 56.3 Å². The summed E-state index contributed by atoms with van der Waals surface area (Å²) >= 11 is 0. The predicted octanol–water partition coefficient (Wildman–Crippen LogP) is 3.61. The van der Waals surface area contributed by atoms with Crippen molar-refractivity contribution in [2.45, 2.75) is 33.5 Å². The van der Waals surface area contributed by atoms with Crippen LogP contribution in [0.4, 0.5) is 4.79 Å². The Hall–Kier alpha value is -3.35. The quantitative estimate of drug-likeness (QED) is 0.677. The smallest absolute Gasteiger partial charge is 0.317 e. The Morgan fingerprint density at radius 2 is 1.96 bits per heavy atom. The fourth-order valence-corrected chi connectivity index (χ4v) is 2.69. The number of carbonyl (C=O) groups excluding carboxylic acids is 1. The van der Waals surface area contributed by atoms with Crippen molar-refractivity contribution in [3.05, 3.63) is 76.9 Å². The highest BCUT2D eigenvalue weighted by atomic mass is 16.5. The molecule has 0 aliphatic carbocycles. The molecule has 7 heteroatoms. The predicted molar refractivity (Wildman–Crippen MR) is 105 cm³/mol. The van der Waals surface area contributed by atoms with Crippen molar-refractivity contribution in [1.29, 1.82) is 0 Å². The number of hydrogen-bond donors (Lipinski definition) is 1. The minimum absolute atomic E-state index is 0.157. The van der Waals surface area contributed by atoms with Crippen LogP contribution in [0.5, 0.6) is 5.75 Å². The van der Waals surface area contributed by atoms with Crippen molar-refractivity contribution in [1.82, 2.24) is 20.4 Å². The van der Waals surface area contributed by atoms with Gasteiger partial charge in [0.15, 0.2) is 0 Å². The van der Waals surface area contributed by atoms with E-state index in [4.69, 9.17) is 9.26 Å². The maximum absolute atomic E-state index is 12.3. The van der Waals surface area contributed by atoms with E-state index in [9.17, 15) is 4.79 Å². The van der Waals surface area contributed by atoms with E-state index in [2.05, 4.69) is 15.5 Å². The number of aromatic nitrogens is 2. The van der Waals surface area contributed by atoms with Crippen LogP contribution in [-0.2, 0) is 19.7 Å². The first-order valence-electron chi connectivity index (χ1n) is 9.05. The van der Waals surface area contributed by atoms with Gasteiger partial charge in [-0.1, -0.05) is 23.4 Å². The number of nitrogens with one attached hydrogen (secondary N) is 1. The summed E-state index contributed by atoms with van der Waals surface area (Å²) in [6.07, 6.45) is 1.74. The lowest BCUT2D eigenvalue weighted by Crippen LogP contribution is -2.36. The summed E-state index contributed by atoms with van der Waals surface area (Å²) in [4.78, 5) is 18.2. The van der Waals surface area contributed by atoms with E-state index in [-0.39, 0.29) is 6.03 Å². The molecule has 0 spiro atoms. The van der Waals surface area contributed by atoms with Gasteiger partial charge < -0.3 is 19.5 Å². The summed E-state index contributed by atoms with van der Waals surface area (Å²) in [5, 5.41) is 6.83. The van der Waals surface area contributed by atoms with Crippen molar-refractivity contribution >= 4 is 6.03 Å². The van der Waals surface area contributed by atoms with Crippen molar-refractivity contribution in [2.24, 2.45) is 0 Å². The number of ether oxygens (including phenoxy) is 1. The van der Waals surface area contributed by atoms with Crippen molar-refractivity contribution in [3.8, 4) is 5.75 Å². The van der Waals surface area contributed by atoms with Gasteiger partial charge in [-0.15, -0.1) is 0 Å². The van der Waals surface area contributed by atoms with Gasteiger partial charge in [0.05, 0.1) is 17.9 Å². The molecule has 0 bridgehead atoms. The largest absolute Gasteiger partial charge is 0.487 e. The molecule has 3 rings (SSSR count). The van der Waals surface area contributed by atoms with E-state index < -0.39 is 0 Å². The Labute approximate surface area is 164 Å². The maximum Gasteiger partial charge on any atom is 0.317 e. The van der Waals surface area contributed by atoms with Crippen molar-refractivity contribution in [2.75, 3.05) is 7.05 Å².